The van der Waals surface area contributed by atoms with Gasteiger partial charge in [0.2, 0.25) is 5.91 Å². The zero-order valence-electron chi connectivity index (χ0n) is 20.1. The normalized spacial score (nSPS) is 18.6. The first-order chi connectivity index (χ1) is 16.3. The molecule has 2 heterocycles. The van der Waals surface area contributed by atoms with Crippen LogP contribution in [-0.4, -0.2) is 79.4 Å². The Balaban J connectivity index is 1.44. The third-order valence-electron chi connectivity index (χ3n) is 7.15. The van der Waals surface area contributed by atoms with E-state index in [1.807, 2.05) is 41.0 Å². The Labute approximate surface area is 201 Å². The average molecular weight is 468 g/mol. The second-order valence-corrected chi connectivity index (χ2v) is 9.76. The summed E-state index contributed by atoms with van der Waals surface area (Å²) < 4.78 is 19.4. The van der Waals surface area contributed by atoms with Crippen LogP contribution in [0.3, 0.4) is 0 Å². The predicted molar refractivity (Wildman–Crippen MR) is 129 cm³/mol. The van der Waals surface area contributed by atoms with Crippen molar-refractivity contribution < 1.29 is 18.7 Å². The second-order valence-electron chi connectivity index (χ2n) is 9.76. The number of benzene rings is 2. The SMILES string of the molecule is Cc1ccc(C(=O)N2CCC(COc3ccc(F)cc3)(CC(=O)N3CCN(C)CC3)CC2)cc1. The highest BCUT2D eigenvalue weighted by Crippen LogP contribution is 2.37. The van der Waals surface area contributed by atoms with Crippen LogP contribution in [0.2, 0.25) is 0 Å². The molecule has 2 aliphatic rings. The highest BCUT2D eigenvalue weighted by molar-refractivity contribution is 5.94. The first-order valence-corrected chi connectivity index (χ1v) is 12.0. The van der Waals surface area contributed by atoms with Crippen molar-refractivity contribution in [3.8, 4) is 5.75 Å². The molecule has 0 bridgehead atoms. The molecule has 0 radical (unpaired) electrons. The summed E-state index contributed by atoms with van der Waals surface area (Å²) in [6.07, 6.45) is 1.76. The predicted octanol–water partition coefficient (Wildman–Crippen LogP) is 3.60. The van der Waals surface area contributed by atoms with E-state index < -0.39 is 0 Å². The van der Waals surface area contributed by atoms with E-state index in [-0.39, 0.29) is 23.0 Å². The molecule has 2 saturated heterocycles. The number of carbonyl (C=O) groups is 2. The summed E-state index contributed by atoms with van der Waals surface area (Å²) in [7, 11) is 2.07. The topological polar surface area (TPSA) is 53.1 Å². The molecule has 0 unspecified atom stereocenters. The number of amides is 2. The lowest BCUT2D eigenvalue weighted by molar-refractivity contribution is -0.136. The zero-order chi connectivity index (χ0) is 24.1. The zero-order valence-corrected chi connectivity index (χ0v) is 20.1. The average Bonchev–Trinajstić information content (AvgIpc) is 2.85. The van der Waals surface area contributed by atoms with E-state index in [1.54, 1.807) is 12.1 Å². The molecule has 0 atom stereocenters. The van der Waals surface area contributed by atoms with Crippen molar-refractivity contribution in [1.82, 2.24) is 14.7 Å². The molecule has 2 aliphatic heterocycles. The van der Waals surface area contributed by atoms with Crippen LogP contribution in [0.25, 0.3) is 0 Å². The van der Waals surface area contributed by atoms with Crippen LogP contribution < -0.4 is 4.74 Å². The number of piperidine rings is 1. The second kappa shape index (κ2) is 10.6. The van der Waals surface area contributed by atoms with Crippen molar-refractivity contribution in [2.24, 2.45) is 5.41 Å². The van der Waals surface area contributed by atoms with E-state index in [9.17, 15) is 14.0 Å². The van der Waals surface area contributed by atoms with Gasteiger partial charge in [-0.1, -0.05) is 17.7 Å². The fourth-order valence-corrected chi connectivity index (χ4v) is 4.69. The van der Waals surface area contributed by atoms with Gasteiger partial charge in [-0.25, -0.2) is 4.39 Å². The summed E-state index contributed by atoms with van der Waals surface area (Å²) in [5.41, 5.74) is 1.45. The van der Waals surface area contributed by atoms with Gasteiger partial charge in [0.1, 0.15) is 11.6 Å². The van der Waals surface area contributed by atoms with E-state index >= 15 is 0 Å². The Kier molecular flexibility index (Phi) is 7.51. The Morgan fingerprint density at radius 3 is 2.12 bits per heavy atom. The third-order valence-corrected chi connectivity index (χ3v) is 7.15. The smallest absolute Gasteiger partial charge is 0.253 e. The van der Waals surface area contributed by atoms with E-state index in [4.69, 9.17) is 4.74 Å². The van der Waals surface area contributed by atoms with Crippen LogP contribution in [0.1, 0.15) is 35.2 Å². The van der Waals surface area contributed by atoms with Crippen molar-refractivity contribution in [3.05, 3.63) is 65.5 Å². The summed E-state index contributed by atoms with van der Waals surface area (Å²) in [4.78, 5) is 32.3. The van der Waals surface area contributed by atoms with Gasteiger partial charge in [0.05, 0.1) is 6.61 Å². The van der Waals surface area contributed by atoms with Gasteiger partial charge in [0, 0.05) is 56.7 Å². The summed E-state index contributed by atoms with van der Waals surface area (Å²) >= 11 is 0. The van der Waals surface area contributed by atoms with Crippen molar-refractivity contribution in [2.75, 3.05) is 52.9 Å². The lowest BCUT2D eigenvalue weighted by Gasteiger charge is -2.42. The van der Waals surface area contributed by atoms with Gasteiger partial charge in [-0.05, 0) is 63.2 Å². The first kappa shape index (κ1) is 24.2. The lowest BCUT2D eigenvalue weighted by atomic mass is 9.75. The van der Waals surface area contributed by atoms with Crippen LogP contribution in [0.5, 0.6) is 5.75 Å². The molecule has 0 spiro atoms. The number of halogens is 1. The maximum Gasteiger partial charge on any atom is 0.253 e. The minimum Gasteiger partial charge on any atom is -0.493 e. The van der Waals surface area contributed by atoms with Gasteiger partial charge in [0.15, 0.2) is 0 Å². The standard InChI is InChI=1S/C27H34FN3O3/c1-21-3-5-22(6-4-21)26(33)31-13-11-27(12-14-31,20-34-24-9-7-23(28)8-10-24)19-25(32)30-17-15-29(2)16-18-30/h3-10H,11-20H2,1-2H3. The maximum atomic E-state index is 13.3. The van der Waals surface area contributed by atoms with Crippen molar-refractivity contribution >= 4 is 11.8 Å². The number of rotatable bonds is 6. The molecule has 0 saturated carbocycles. The number of likely N-dealkylation sites (N-methyl/N-ethyl adjacent to an activating group) is 1. The number of ether oxygens (including phenoxy) is 1. The summed E-state index contributed by atoms with van der Waals surface area (Å²) in [6.45, 7) is 6.76. The van der Waals surface area contributed by atoms with Crippen molar-refractivity contribution in [3.63, 3.8) is 0 Å². The molecule has 2 fully saturated rings. The van der Waals surface area contributed by atoms with Gasteiger partial charge in [-0.3, -0.25) is 9.59 Å². The number of piperazine rings is 1. The van der Waals surface area contributed by atoms with Crippen LogP contribution in [0.4, 0.5) is 4.39 Å². The van der Waals surface area contributed by atoms with Crippen LogP contribution in [0.15, 0.2) is 48.5 Å². The Bertz CT molecular complexity index is 977. The van der Waals surface area contributed by atoms with Crippen molar-refractivity contribution in [2.45, 2.75) is 26.2 Å². The van der Waals surface area contributed by atoms with E-state index in [1.165, 1.54) is 12.1 Å². The number of aryl methyl sites for hydroxylation is 1. The molecule has 0 N–H and O–H groups in total. The first-order valence-electron chi connectivity index (χ1n) is 12.0. The summed E-state index contributed by atoms with van der Waals surface area (Å²) in [5, 5.41) is 0. The van der Waals surface area contributed by atoms with Crippen molar-refractivity contribution in [1.29, 1.82) is 0 Å². The highest BCUT2D eigenvalue weighted by Gasteiger charge is 2.40. The molecular formula is C27H34FN3O3. The Morgan fingerprint density at radius 2 is 1.50 bits per heavy atom. The van der Waals surface area contributed by atoms with Gasteiger partial charge >= 0.3 is 0 Å². The maximum absolute atomic E-state index is 13.3. The van der Waals surface area contributed by atoms with E-state index in [0.717, 1.165) is 31.7 Å². The van der Waals surface area contributed by atoms with Crippen LogP contribution in [0, 0.1) is 18.2 Å². The quantitative estimate of drug-likeness (QED) is 0.652. The Morgan fingerprint density at radius 1 is 0.882 bits per heavy atom. The van der Waals surface area contributed by atoms with Gasteiger partial charge < -0.3 is 19.4 Å². The fraction of sp³-hybridized carbons (Fsp3) is 0.481. The number of likely N-dealkylation sites (tertiary alicyclic amines) is 1. The number of hydrogen-bond donors (Lipinski definition) is 0. The molecule has 2 amide bonds. The van der Waals surface area contributed by atoms with E-state index in [0.29, 0.717) is 50.3 Å². The largest absolute Gasteiger partial charge is 0.493 e. The number of carbonyl (C=O) groups excluding carboxylic acids is 2. The molecule has 0 aromatic heterocycles. The molecule has 2 aromatic carbocycles. The minimum atomic E-state index is -0.362. The molecule has 2 aromatic rings. The number of nitrogens with zero attached hydrogens (tertiary/aromatic N) is 3. The van der Waals surface area contributed by atoms with Crippen LogP contribution in [-0.2, 0) is 4.79 Å². The molecule has 34 heavy (non-hydrogen) atoms. The monoisotopic (exact) mass is 467 g/mol. The number of hydrogen-bond acceptors (Lipinski definition) is 4. The third kappa shape index (κ3) is 5.95. The molecular weight excluding hydrogens is 433 g/mol. The summed E-state index contributed by atoms with van der Waals surface area (Å²) in [6, 6.07) is 13.6. The molecule has 6 nitrogen and oxygen atoms in total. The highest BCUT2D eigenvalue weighted by atomic mass is 19.1. The molecule has 182 valence electrons. The van der Waals surface area contributed by atoms with Gasteiger partial charge in [-0.15, -0.1) is 0 Å². The summed E-state index contributed by atoms with van der Waals surface area (Å²) in [5.74, 6) is 0.453. The van der Waals surface area contributed by atoms with Gasteiger partial charge in [-0.2, -0.15) is 0 Å². The lowest BCUT2D eigenvalue weighted by Crippen LogP contribution is -2.51. The van der Waals surface area contributed by atoms with Gasteiger partial charge in [0.25, 0.3) is 5.91 Å². The molecule has 4 rings (SSSR count). The van der Waals surface area contributed by atoms with E-state index in [2.05, 4.69) is 11.9 Å². The Hall–Kier alpha value is -2.93. The minimum absolute atomic E-state index is 0.0263. The molecule has 0 aliphatic carbocycles. The fourth-order valence-electron chi connectivity index (χ4n) is 4.69. The van der Waals surface area contributed by atoms with Crippen LogP contribution >= 0.6 is 0 Å². The molecule has 7 heteroatoms.